The quantitative estimate of drug-likeness (QED) is 0.669. The first-order valence-electron chi connectivity index (χ1n) is 6.93. The molecule has 0 saturated carbocycles. The highest BCUT2D eigenvalue weighted by Crippen LogP contribution is 2.33. The molecule has 4 heteroatoms. The number of furan rings is 1. The summed E-state index contributed by atoms with van der Waals surface area (Å²) in [6.07, 6.45) is 1.71. The van der Waals surface area contributed by atoms with Crippen molar-refractivity contribution in [3.63, 3.8) is 0 Å². The summed E-state index contributed by atoms with van der Waals surface area (Å²) in [6, 6.07) is 10.0. The molecule has 3 aromatic rings. The third-order valence-corrected chi connectivity index (χ3v) is 4.03. The molecule has 0 amide bonds. The van der Waals surface area contributed by atoms with Gasteiger partial charge in [-0.25, -0.2) is 4.98 Å². The van der Waals surface area contributed by atoms with Gasteiger partial charge in [-0.05, 0) is 38.5 Å². The zero-order chi connectivity index (χ0) is 15.0. The minimum atomic E-state index is 0.0119. The number of aromatic nitrogens is 1. The number of pyridine rings is 1. The Morgan fingerprint density at radius 1 is 1.19 bits per heavy atom. The van der Waals surface area contributed by atoms with Crippen LogP contribution < -0.4 is 5.32 Å². The fraction of sp³-hybridized carbons (Fsp3) is 0.235. The van der Waals surface area contributed by atoms with Gasteiger partial charge < -0.3 is 9.73 Å². The molecular weight excluding hydrogens is 284 g/mol. The van der Waals surface area contributed by atoms with Crippen LogP contribution in [0.3, 0.4) is 0 Å². The first kappa shape index (κ1) is 14.0. The smallest absolute Gasteiger partial charge is 0.152 e. The zero-order valence-electron chi connectivity index (χ0n) is 12.3. The van der Waals surface area contributed by atoms with Crippen molar-refractivity contribution in [3.05, 3.63) is 58.6 Å². The van der Waals surface area contributed by atoms with Gasteiger partial charge in [0.15, 0.2) is 5.15 Å². The van der Waals surface area contributed by atoms with Crippen molar-refractivity contribution in [3.8, 4) is 0 Å². The number of anilines is 1. The summed E-state index contributed by atoms with van der Waals surface area (Å²) < 4.78 is 5.99. The standard InChI is InChI=1S/C17H17ClN2O/c1-10-8-9-19-17(18)15(10)20-12(3)16-11(2)13-6-4-5-7-14(13)21-16/h4-9,12,20H,1-3H3. The van der Waals surface area contributed by atoms with E-state index in [1.807, 2.05) is 31.2 Å². The number of aryl methyl sites for hydroxylation is 2. The van der Waals surface area contributed by atoms with Gasteiger partial charge in [0.05, 0.1) is 11.7 Å². The van der Waals surface area contributed by atoms with Crippen molar-refractivity contribution in [2.75, 3.05) is 5.32 Å². The number of para-hydroxylation sites is 1. The van der Waals surface area contributed by atoms with Crippen LogP contribution in [0.2, 0.25) is 5.15 Å². The molecule has 21 heavy (non-hydrogen) atoms. The van der Waals surface area contributed by atoms with Gasteiger partial charge in [-0.15, -0.1) is 0 Å². The van der Waals surface area contributed by atoms with E-state index < -0.39 is 0 Å². The lowest BCUT2D eigenvalue weighted by atomic mass is 10.1. The summed E-state index contributed by atoms with van der Waals surface area (Å²) in [4.78, 5) is 4.12. The average Bonchev–Trinajstić information content (AvgIpc) is 2.81. The number of nitrogens with one attached hydrogen (secondary N) is 1. The third-order valence-electron chi connectivity index (χ3n) is 3.75. The Bertz CT molecular complexity index is 774. The maximum absolute atomic E-state index is 6.18. The zero-order valence-corrected chi connectivity index (χ0v) is 13.0. The molecule has 2 aromatic heterocycles. The van der Waals surface area contributed by atoms with Crippen molar-refractivity contribution in [1.29, 1.82) is 0 Å². The average molecular weight is 301 g/mol. The lowest BCUT2D eigenvalue weighted by Crippen LogP contribution is -2.09. The lowest BCUT2D eigenvalue weighted by molar-refractivity contribution is 0.522. The van der Waals surface area contributed by atoms with E-state index in [1.165, 1.54) is 0 Å². The van der Waals surface area contributed by atoms with Crippen LogP contribution in [0, 0.1) is 13.8 Å². The minimum Gasteiger partial charge on any atom is -0.459 e. The van der Waals surface area contributed by atoms with Gasteiger partial charge in [0.25, 0.3) is 0 Å². The summed E-state index contributed by atoms with van der Waals surface area (Å²) in [7, 11) is 0. The van der Waals surface area contributed by atoms with Gasteiger partial charge in [0.2, 0.25) is 0 Å². The van der Waals surface area contributed by atoms with E-state index in [-0.39, 0.29) is 6.04 Å². The molecule has 0 aliphatic carbocycles. The predicted molar refractivity (Wildman–Crippen MR) is 87.0 cm³/mol. The molecule has 0 aliphatic rings. The van der Waals surface area contributed by atoms with Gasteiger partial charge in [-0.1, -0.05) is 29.8 Å². The maximum atomic E-state index is 6.18. The van der Waals surface area contributed by atoms with Crippen LogP contribution in [0.25, 0.3) is 11.0 Å². The van der Waals surface area contributed by atoms with Crippen LogP contribution >= 0.6 is 11.6 Å². The lowest BCUT2D eigenvalue weighted by Gasteiger charge is -2.16. The Kier molecular flexibility index (Phi) is 3.60. The minimum absolute atomic E-state index is 0.0119. The summed E-state index contributed by atoms with van der Waals surface area (Å²) in [5, 5.41) is 5.04. The fourth-order valence-corrected chi connectivity index (χ4v) is 2.85. The van der Waals surface area contributed by atoms with Gasteiger partial charge in [0, 0.05) is 17.1 Å². The van der Waals surface area contributed by atoms with E-state index in [2.05, 4.69) is 30.2 Å². The van der Waals surface area contributed by atoms with Gasteiger partial charge in [0.1, 0.15) is 11.3 Å². The van der Waals surface area contributed by atoms with Crippen LogP contribution in [-0.4, -0.2) is 4.98 Å². The summed E-state index contributed by atoms with van der Waals surface area (Å²) in [5.41, 5.74) is 3.98. The highest BCUT2D eigenvalue weighted by molar-refractivity contribution is 6.32. The Morgan fingerprint density at radius 3 is 2.67 bits per heavy atom. The molecule has 2 heterocycles. The van der Waals surface area contributed by atoms with Crippen LogP contribution in [0.5, 0.6) is 0 Å². The first-order valence-corrected chi connectivity index (χ1v) is 7.31. The van der Waals surface area contributed by atoms with Gasteiger partial charge in [-0.2, -0.15) is 0 Å². The Balaban J connectivity index is 1.97. The Hall–Kier alpha value is -2.00. The highest BCUT2D eigenvalue weighted by atomic mass is 35.5. The predicted octanol–water partition coefficient (Wildman–Crippen LogP) is 5.27. The monoisotopic (exact) mass is 300 g/mol. The number of hydrogen-bond acceptors (Lipinski definition) is 3. The molecule has 0 saturated heterocycles. The summed E-state index contributed by atoms with van der Waals surface area (Å²) >= 11 is 6.18. The van der Waals surface area contributed by atoms with Gasteiger partial charge in [-0.3, -0.25) is 0 Å². The fourth-order valence-electron chi connectivity index (χ4n) is 2.59. The van der Waals surface area contributed by atoms with Crippen LogP contribution in [0.4, 0.5) is 5.69 Å². The van der Waals surface area contributed by atoms with Gasteiger partial charge >= 0.3 is 0 Å². The largest absolute Gasteiger partial charge is 0.459 e. The third kappa shape index (κ3) is 2.49. The molecule has 3 rings (SSSR count). The van der Waals surface area contributed by atoms with E-state index >= 15 is 0 Å². The number of fused-ring (bicyclic) bond motifs is 1. The van der Waals surface area contributed by atoms with Crippen molar-refractivity contribution >= 4 is 28.3 Å². The van der Waals surface area contributed by atoms with Crippen molar-refractivity contribution in [2.24, 2.45) is 0 Å². The molecule has 0 spiro atoms. The summed E-state index contributed by atoms with van der Waals surface area (Å²) in [5.74, 6) is 0.926. The molecule has 1 atom stereocenters. The van der Waals surface area contributed by atoms with E-state index in [4.69, 9.17) is 16.0 Å². The van der Waals surface area contributed by atoms with Crippen molar-refractivity contribution in [2.45, 2.75) is 26.8 Å². The molecule has 3 nitrogen and oxygen atoms in total. The highest BCUT2D eigenvalue weighted by Gasteiger charge is 2.18. The number of benzene rings is 1. The normalized spacial score (nSPS) is 12.6. The van der Waals surface area contributed by atoms with E-state index in [0.29, 0.717) is 5.15 Å². The maximum Gasteiger partial charge on any atom is 0.152 e. The van der Waals surface area contributed by atoms with Crippen molar-refractivity contribution in [1.82, 2.24) is 4.98 Å². The second-order valence-corrected chi connectivity index (χ2v) is 5.61. The second kappa shape index (κ2) is 5.41. The van der Waals surface area contributed by atoms with Crippen molar-refractivity contribution < 1.29 is 4.42 Å². The number of halogens is 1. The topological polar surface area (TPSA) is 38.1 Å². The second-order valence-electron chi connectivity index (χ2n) is 5.25. The SMILES string of the molecule is Cc1ccnc(Cl)c1NC(C)c1oc2ccccc2c1C. The molecule has 1 aromatic carbocycles. The van der Waals surface area contributed by atoms with Crippen LogP contribution in [-0.2, 0) is 0 Å². The van der Waals surface area contributed by atoms with E-state index in [1.54, 1.807) is 6.20 Å². The number of hydrogen-bond donors (Lipinski definition) is 1. The number of nitrogens with zero attached hydrogens (tertiary/aromatic N) is 1. The van der Waals surface area contributed by atoms with E-state index in [9.17, 15) is 0 Å². The molecular formula is C17H17ClN2O. The summed E-state index contributed by atoms with van der Waals surface area (Å²) in [6.45, 7) is 6.15. The molecule has 1 N–H and O–H groups in total. The Labute approximate surface area is 128 Å². The van der Waals surface area contributed by atoms with Crippen LogP contribution in [0.15, 0.2) is 40.9 Å². The Morgan fingerprint density at radius 2 is 1.95 bits per heavy atom. The van der Waals surface area contributed by atoms with E-state index in [0.717, 1.165) is 33.5 Å². The van der Waals surface area contributed by atoms with Crippen LogP contribution in [0.1, 0.15) is 29.9 Å². The molecule has 0 radical (unpaired) electrons. The molecule has 108 valence electrons. The molecule has 0 fully saturated rings. The molecule has 1 unspecified atom stereocenters. The number of rotatable bonds is 3. The first-order chi connectivity index (χ1) is 10.1. The molecule has 0 aliphatic heterocycles. The molecule has 0 bridgehead atoms.